The molecule has 2 heterocycles. The van der Waals surface area contributed by atoms with Gasteiger partial charge in [0.1, 0.15) is 12.4 Å². The Morgan fingerprint density at radius 1 is 1.32 bits per heavy atom. The maximum atomic E-state index is 14.0. The predicted molar refractivity (Wildman–Crippen MR) is 94.6 cm³/mol. The summed E-state index contributed by atoms with van der Waals surface area (Å²) < 4.78 is 43.7. The van der Waals surface area contributed by atoms with E-state index in [1.54, 1.807) is 6.07 Å². The Kier molecular flexibility index (Phi) is 5.32. The Balaban J connectivity index is 1.88. The molecule has 1 aliphatic rings. The van der Waals surface area contributed by atoms with Crippen molar-refractivity contribution in [2.75, 3.05) is 27.4 Å². The van der Waals surface area contributed by atoms with Gasteiger partial charge in [0.2, 0.25) is 5.88 Å². The molecule has 0 saturated carbocycles. The van der Waals surface area contributed by atoms with Crippen LogP contribution >= 0.6 is 0 Å². The van der Waals surface area contributed by atoms with E-state index in [-0.39, 0.29) is 30.4 Å². The molecule has 1 aromatic carbocycles. The van der Waals surface area contributed by atoms with Gasteiger partial charge in [0.25, 0.3) is 11.8 Å². The molecule has 0 bridgehead atoms. The topological polar surface area (TPSA) is 113 Å². The predicted octanol–water partition coefficient (Wildman–Crippen LogP) is 1.12. The molecule has 3 rings (SSSR count). The molecule has 0 aliphatic carbocycles. The summed E-state index contributed by atoms with van der Waals surface area (Å²) in [6, 6.07) is 3.76. The van der Waals surface area contributed by atoms with Crippen molar-refractivity contribution in [1.29, 1.82) is 0 Å². The molecular weight excluding hydrogens is 376 g/mol. The Morgan fingerprint density at radius 2 is 2.07 bits per heavy atom. The van der Waals surface area contributed by atoms with E-state index in [0.29, 0.717) is 10.8 Å². The lowest BCUT2D eigenvalue weighted by molar-refractivity contribution is -0.146. The number of nitrogens with two attached hydrogens (primary N) is 1. The van der Waals surface area contributed by atoms with E-state index in [1.807, 2.05) is 0 Å². The number of ether oxygens (including phenoxy) is 3. The number of aromatic nitrogens is 1. The van der Waals surface area contributed by atoms with Crippen LogP contribution in [0.15, 0.2) is 24.4 Å². The molecule has 2 atom stereocenters. The van der Waals surface area contributed by atoms with Gasteiger partial charge in [0.15, 0.2) is 0 Å². The second kappa shape index (κ2) is 7.55. The Hall–Kier alpha value is -3.01. The lowest BCUT2D eigenvalue weighted by Crippen LogP contribution is -2.38. The van der Waals surface area contributed by atoms with E-state index in [0.717, 1.165) is 0 Å². The minimum absolute atomic E-state index is 0.146. The van der Waals surface area contributed by atoms with E-state index in [4.69, 9.17) is 19.9 Å². The van der Waals surface area contributed by atoms with Gasteiger partial charge >= 0.3 is 5.92 Å². The van der Waals surface area contributed by atoms with Crippen LogP contribution in [0.25, 0.3) is 10.8 Å². The first-order chi connectivity index (χ1) is 13.3. The first-order valence-corrected chi connectivity index (χ1v) is 8.36. The Labute approximate surface area is 158 Å². The molecule has 0 spiro atoms. The summed E-state index contributed by atoms with van der Waals surface area (Å²) >= 11 is 0. The molecule has 8 nitrogen and oxygen atoms in total. The summed E-state index contributed by atoms with van der Waals surface area (Å²) in [5.41, 5.74) is 5.54. The minimum atomic E-state index is -3.55. The molecular formula is C18H19F2N3O5. The molecule has 28 heavy (non-hydrogen) atoms. The normalized spacial score (nSPS) is 20.8. The van der Waals surface area contributed by atoms with Gasteiger partial charge in [-0.15, -0.1) is 0 Å². The van der Waals surface area contributed by atoms with Crippen LogP contribution in [0.1, 0.15) is 10.4 Å². The minimum Gasteiger partial charge on any atom is -0.496 e. The molecule has 2 aromatic rings. The van der Waals surface area contributed by atoms with E-state index < -0.39 is 29.7 Å². The number of carbonyl (C=O) groups excluding carboxylic acids is 2. The van der Waals surface area contributed by atoms with Gasteiger partial charge < -0.3 is 25.3 Å². The lowest BCUT2D eigenvalue weighted by Gasteiger charge is -2.21. The van der Waals surface area contributed by atoms with Crippen molar-refractivity contribution in [2.45, 2.75) is 12.0 Å². The quantitative estimate of drug-likeness (QED) is 0.726. The van der Waals surface area contributed by atoms with Crippen molar-refractivity contribution in [3.05, 3.63) is 30.0 Å². The summed E-state index contributed by atoms with van der Waals surface area (Å²) in [5, 5.41) is 3.35. The third kappa shape index (κ3) is 3.42. The summed E-state index contributed by atoms with van der Waals surface area (Å²) in [6.07, 6.45) is 1.45. The summed E-state index contributed by atoms with van der Waals surface area (Å²) in [5.74, 6) is -6.55. The SMILES string of the molecule is COCC1C(COc2nccc3cc(C(N)=O)c(OC)cc23)NC(=O)C1(F)F. The standard InChI is InChI=1S/C18H19F2N3O5/c1-26-7-12-13(23-17(25)18(12,19)20)8-28-16-10-6-14(27-2)11(15(21)24)5-9(10)3-4-22-16/h3-6,12-13H,7-8H2,1-2H3,(H2,21,24)(H,23,25). The van der Waals surface area contributed by atoms with Crippen LogP contribution in [0.2, 0.25) is 0 Å². The third-order valence-electron chi connectivity index (χ3n) is 4.63. The van der Waals surface area contributed by atoms with Crippen LogP contribution in [-0.2, 0) is 9.53 Å². The zero-order valence-corrected chi connectivity index (χ0v) is 15.2. The number of benzene rings is 1. The van der Waals surface area contributed by atoms with Crippen LogP contribution in [-0.4, -0.2) is 56.2 Å². The number of fused-ring (bicyclic) bond motifs is 1. The number of primary amides is 1. The first-order valence-electron chi connectivity index (χ1n) is 8.36. The van der Waals surface area contributed by atoms with Crippen molar-refractivity contribution in [1.82, 2.24) is 10.3 Å². The number of halogens is 2. The zero-order valence-electron chi connectivity index (χ0n) is 15.2. The van der Waals surface area contributed by atoms with E-state index in [2.05, 4.69) is 10.3 Å². The largest absolute Gasteiger partial charge is 0.496 e. The fourth-order valence-corrected chi connectivity index (χ4v) is 3.16. The molecule has 1 fully saturated rings. The van der Waals surface area contributed by atoms with Crippen LogP contribution < -0.4 is 20.5 Å². The molecule has 2 unspecified atom stereocenters. The molecule has 0 radical (unpaired) electrons. The highest BCUT2D eigenvalue weighted by Gasteiger charge is 2.57. The molecule has 1 aromatic heterocycles. The van der Waals surface area contributed by atoms with Crippen molar-refractivity contribution in [2.24, 2.45) is 11.7 Å². The number of pyridine rings is 1. The summed E-state index contributed by atoms with van der Waals surface area (Å²) in [6.45, 7) is -0.542. The first kappa shape index (κ1) is 19.7. The van der Waals surface area contributed by atoms with Crippen molar-refractivity contribution in [3.8, 4) is 11.6 Å². The second-order valence-corrected chi connectivity index (χ2v) is 6.33. The van der Waals surface area contributed by atoms with Gasteiger partial charge in [0, 0.05) is 18.7 Å². The fraction of sp³-hybridized carbons (Fsp3) is 0.389. The van der Waals surface area contributed by atoms with Gasteiger partial charge in [-0.25, -0.2) is 4.98 Å². The number of methoxy groups -OCH3 is 2. The highest BCUT2D eigenvalue weighted by molar-refractivity contribution is 6.01. The van der Waals surface area contributed by atoms with Gasteiger partial charge in [-0.2, -0.15) is 8.78 Å². The summed E-state index contributed by atoms with van der Waals surface area (Å²) in [4.78, 5) is 27.2. The van der Waals surface area contributed by atoms with Gasteiger partial charge in [-0.05, 0) is 23.6 Å². The number of rotatable bonds is 7. The van der Waals surface area contributed by atoms with Crippen molar-refractivity contribution < 1.29 is 32.6 Å². The lowest BCUT2D eigenvalue weighted by atomic mass is 9.99. The van der Waals surface area contributed by atoms with E-state index >= 15 is 0 Å². The fourth-order valence-electron chi connectivity index (χ4n) is 3.16. The molecule has 1 aliphatic heterocycles. The number of amides is 2. The van der Waals surface area contributed by atoms with Gasteiger partial charge in [-0.3, -0.25) is 9.59 Å². The smallest absolute Gasteiger partial charge is 0.331 e. The Morgan fingerprint density at radius 3 is 2.71 bits per heavy atom. The highest BCUT2D eigenvalue weighted by atomic mass is 19.3. The number of alkyl halides is 2. The summed E-state index contributed by atoms with van der Waals surface area (Å²) in [7, 11) is 2.67. The van der Waals surface area contributed by atoms with Crippen LogP contribution in [0.5, 0.6) is 11.6 Å². The molecule has 3 N–H and O–H groups in total. The van der Waals surface area contributed by atoms with Crippen LogP contribution in [0.4, 0.5) is 8.78 Å². The van der Waals surface area contributed by atoms with Crippen LogP contribution in [0.3, 0.4) is 0 Å². The number of nitrogens with one attached hydrogen (secondary N) is 1. The number of carbonyl (C=O) groups is 2. The number of hydrogen-bond donors (Lipinski definition) is 2. The van der Waals surface area contributed by atoms with Crippen molar-refractivity contribution >= 4 is 22.6 Å². The Bertz CT molecular complexity index is 921. The maximum Gasteiger partial charge on any atom is 0.331 e. The van der Waals surface area contributed by atoms with E-state index in [1.165, 1.54) is 32.5 Å². The molecule has 2 amide bonds. The molecule has 150 valence electrons. The molecule has 1 saturated heterocycles. The molecule has 10 heteroatoms. The maximum absolute atomic E-state index is 14.0. The average Bonchev–Trinajstić information content (AvgIpc) is 2.88. The monoisotopic (exact) mass is 395 g/mol. The van der Waals surface area contributed by atoms with E-state index in [9.17, 15) is 18.4 Å². The van der Waals surface area contributed by atoms with Gasteiger partial charge in [-0.1, -0.05) is 0 Å². The zero-order chi connectivity index (χ0) is 20.5. The second-order valence-electron chi connectivity index (χ2n) is 6.33. The number of hydrogen-bond acceptors (Lipinski definition) is 6. The third-order valence-corrected chi connectivity index (χ3v) is 4.63. The van der Waals surface area contributed by atoms with Crippen molar-refractivity contribution in [3.63, 3.8) is 0 Å². The highest BCUT2D eigenvalue weighted by Crippen LogP contribution is 2.35. The number of nitrogens with zero attached hydrogens (tertiary/aromatic N) is 1. The average molecular weight is 395 g/mol. The van der Waals surface area contributed by atoms with Gasteiger partial charge in [0.05, 0.1) is 31.2 Å². The van der Waals surface area contributed by atoms with Crippen LogP contribution in [0, 0.1) is 5.92 Å².